The predicted octanol–water partition coefficient (Wildman–Crippen LogP) is 3.35. The molecular weight excluding hydrogens is 640 g/mol. The number of anilines is 1. The second-order valence-corrected chi connectivity index (χ2v) is 13.9. The number of likely N-dealkylation sites (tertiary alicyclic amines) is 2. The van der Waals surface area contributed by atoms with Crippen molar-refractivity contribution < 1.29 is 33.8 Å². The maximum atomic E-state index is 14.1. The molecule has 270 valence electrons. The van der Waals surface area contributed by atoms with Crippen molar-refractivity contribution in [2.24, 2.45) is 0 Å². The van der Waals surface area contributed by atoms with Gasteiger partial charge in [-0.15, -0.1) is 0 Å². The average Bonchev–Trinajstić information content (AvgIpc) is 3.74. The van der Waals surface area contributed by atoms with E-state index >= 15 is 0 Å². The molecule has 3 fully saturated rings. The molecule has 2 aromatic rings. The lowest BCUT2D eigenvalue weighted by Gasteiger charge is -2.38. The molecule has 0 aromatic heterocycles. The van der Waals surface area contributed by atoms with Gasteiger partial charge in [-0.3, -0.25) is 19.4 Å². The number of rotatable bonds is 9. The lowest BCUT2D eigenvalue weighted by molar-refractivity contribution is -0.144. The van der Waals surface area contributed by atoms with Crippen LogP contribution in [-0.2, 0) is 31.9 Å². The van der Waals surface area contributed by atoms with Gasteiger partial charge in [0.15, 0.2) is 6.10 Å². The molecule has 50 heavy (non-hydrogen) atoms. The molecule has 0 radical (unpaired) electrons. The summed E-state index contributed by atoms with van der Waals surface area (Å²) in [6.07, 6.45) is 1.49. The highest BCUT2D eigenvalue weighted by atomic mass is 16.6. The Morgan fingerprint density at radius 1 is 0.940 bits per heavy atom. The number of nitrogens with zero attached hydrogens (tertiary/aromatic N) is 5. The van der Waals surface area contributed by atoms with Gasteiger partial charge in [0.05, 0.1) is 19.8 Å². The first-order valence-electron chi connectivity index (χ1n) is 17.9. The highest BCUT2D eigenvalue weighted by Gasteiger charge is 2.39. The van der Waals surface area contributed by atoms with Crippen LogP contribution in [0.15, 0.2) is 36.4 Å². The summed E-state index contributed by atoms with van der Waals surface area (Å²) >= 11 is 0. The van der Waals surface area contributed by atoms with Crippen LogP contribution in [0.25, 0.3) is 0 Å². The molecule has 4 heterocycles. The first-order valence-corrected chi connectivity index (χ1v) is 17.9. The molecule has 0 spiro atoms. The number of nitrogens with one attached hydrogen (secondary N) is 1. The van der Waals surface area contributed by atoms with Gasteiger partial charge in [-0.25, -0.2) is 9.59 Å². The van der Waals surface area contributed by atoms with Crippen LogP contribution in [0.1, 0.15) is 48.4 Å². The summed E-state index contributed by atoms with van der Waals surface area (Å²) in [6.45, 7) is 10.7. The van der Waals surface area contributed by atoms with Crippen LogP contribution in [0.2, 0.25) is 0 Å². The molecule has 2 atom stereocenters. The third-order valence-corrected chi connectivity index (χ3v) is 10.5. The van der Waals surface area contributed by atoms with Crippen LogP contribution in [0.5, 0.6) is 5.75 Å². The molecule has 2 aromatic carbocycles. The second kappa shape index (κ2) is 15.7. The molecule has 6 rings (SSSR count). The van der Waals surface area contributed by atoms with Gasteiger partial charge >= 0.3 is 18.1 Å². The van der Waals surface area contributed by atoms with E-state index < -0.39 is 12.2 Å². The standard InChI is InChI=1S/C37H50N6O7/c1-4-49-33(44)23-39-13-10-30(22-39)41-17-18-42(24-41)35(46)32(21-27-19-25(2)34(45)26(3)20-27)50-37(48)40-14-11-29(12-15-40)43-16-9-28-7-5-6-8-31(28)38-36(43)47/h5-8,19-20,29-30,32,45H,4,9-18,21-24H2,1-3H3,(H,38,47)/t30?,32-/m1/s1. The van der Waals surface area contributed by atoms with E-state index in [1.807, 2.05) is 55.1 Å². The summed E-state index contributed by atoms with van der Waals surface area (Å²) in [6, 6.07) is 11.6. The monoisotopic (exact) mass is 690 g/mol. The number of benzene rings is 2. The normalized spacial score (nSPS) is 21.1. The van der Waals surface area contributed by atoms with Gasteiger partial charge in [0, 0.05) is 70.0 Å². The van der Waals surface area contributed by atoms with Gasteiger partial charge in [0.25, 0.3) is 5.91 Å². The number of aryl methyl sites for hydroxylation is 2. The molecule has 0 aliphatic carbocycles. The van der Waals surface area contributed by atoms with Gasteiger partial charge in [0.1, 0.15) is 5.75 Å². The fraction of sp³-hybridized carbons (Fsp3) is 0.568. The number of hydrogen-bond acceptors (Lipinski definition) is 9. The van der Waals surface area contributed by atoms with Crippen molar-refractivity contribution in [1.29, 1.82) is 0 Å². The van der Waals surface area contributed by atoms with Crippen LogP contribution in [0.4, 0.5) is 15.3 Å². The van der Waals surface area contributed by atoms with Crippen molar-refractivity contribution in [1.82, 2.24) is 24.5 Å². The zero-order chi connectivity index (χ0) is 35.4. The Kier molecular flexibility index (Phi) is 11.1. The lowest BCUT2D eigenvalue weighted by Crippen LogP contribution is -2.51. The Balaban J connectivity index is 1.08. The molecule has 2 N–H and O–H groups in total. The number of esters is 1. The molecule has 4 aliphatic heterocycles. The molecular formula is C37H50N6O7. The van der Waals surface area contributed by atoms with Crippen LogP contribution >= 0.6 is 0 Å². The molecule has 4 aliphatic rings. The van der Waals surface area contributed by atoms with E-state index in [0.717, 1.165) is 42.7 Å². The van der Waals surface area contributed by atoms with Gasteiger partial charge in [-0.1, -0.05) is 30.3 Å². The van der Waals surface area contributed by atoms with Gasteiger partial charge in [-0.05, 0) is 74.8 Å². The number of aromatic hydroxyl groups is 1. The van der Waals surface area contributed by atoms with Crippen molar-refractivity contribution >= 4 is 29.7 Å². The summed E-state index contributed by atoms with van der Waals surface area (Å²) < 4.78 is 11.2. The SMILES string of the molecule is CCOC(=O)CN1CCC(N2CCN(C(=O)[C@@H](Cc3cc(C)c(O)c(C)c3)OC(=O)N3CCC(N4CCc5ccccc5NC4=O)CC3)C2)C1. The highest BCUT2D eigenvalue weighted by Crippen LogP contribution is 2.27. The summed E-state index contributed by atoms with van der Waals surface area (Å²) in [5.74, 6) is -0.262. The van der Waals surface area contributed by atoms with Crippen LogP contribution in [0, 0.1) is 13.8 Å². The van der Waals surface area contributed by atoms with E-state index in [0.29, 0.717) is 70.0 Å². The number of ether oxygens (including phenoxy) is 2. The Bertz CT molecular complexity index is 1550. The zero-order valence-electron chi connectivity index (χ0n) is 29.4. The third kappa shape index (κ3) is 8.15. The van der Waals surface area contributed by atoms with Gasteiger partial charge in [-0.2, -0.15) is 0 Å². The van der Waals surface area contributed by atoms with Crippen molar-refractivity contribution in [3.8, 4) is 5.75 Å². The van der Waals surface area contributed by atoms with E-state index in [1.54, 1.807) is 16.7 Å². The molecule has 13 nitrogen and oxygen atoms in total. The van der Waals surface area contributed by atoms with E-state index in [4.69, 9.17) is 9.47 Å². The second-order valence-electron chi connectivity index (χ2n) is 13.9. The Morgan fingerprint density at radius 2 is 1.66 bits per heavy atom. The Hall–Kier alpha value is -4.36. The number of fused-ring (bicyclic) bond motifs is 1. The number of carbonyl (C=O) groups excluding carboxylic acids is 4. The van der Waals surface area contributed by atoms with E-state index in [1.165, 1.54) is 0 Å². The van der Waals surface area contributed by atoms with Gasteiger partial charge in [0.2, 0.25) is 0 Å². The fourth-order valence-corrected chi connectivity index (χ4v) is 7.79. The van der Waals surface area contributed by atoms with Crippen molar-refractivity contribution in [3.05, 3.63) is 58.7 Å². The number of hydrogen-bond donors (Lipinski definition) is 2. The van der Waals surface area contributed by atoms with E-state index in [-0.39, 0.29) is 48.7 Å². The average molecular weight is 691 g/mol. The van der Waals surface area contributed by atoms with Crippen molar-refractivity contribution in [2.45, 2.75) is 71.1 Å². The topological polar surface area (TPSA) is 135 Å². The zero-order valence-corrected chi connectivity index (χ0v) is 29.4. The number of phenolic OH excluding ortho intramolecular Hbond substituents is 1. The molecule has 3 saturated heterocycles. The smallest absolute Gasteiger partial charge is 0.410 e. The number of piperidine rings is 1. The van der Waals surface area contributed by atoms with Crippen molar-refractivity contribution in [3.63, 3.8) is 0 Å². The maximum absolute atomic E-state index is 14.1. The van der Waals surface area contributed by atoms with Crippen LogP contribution in [0.3, 0.4) is 0 Å². The van der Waals surface area contributed by atoms with Crippen LogP contribution in [-0.4, -0.2) is 137 Å². The minimum absolute atomic E-state index is 0.00637. The van der Waals surface area contributed by atoms with Crippen molar-refractivity contribution in [2.75, 3.05) is 71.0 Å². The first kappa shape index (κ1) is 35.5. The fourth-order valence-electron chi connectivity index (χ4n) is 7.79. The summed E-state index contributed by atoms with van der Waals surface area (Å²) in [5.41, 5.74) is 4.15. The molecule has 0 saturated carbocycles. The highest BCUT2D eigenvalue weighted by molar-refractivity contribution is 5.91. The van der Waals surface area contributed by atoms with E-state index in [2.05, 4.69) is 15.1 Å². The molecule has 1 unspecified atom stereocenters. The quantitative estimate of drug-likeness (QED) is 0.380. The summed E-state index contributed by atoms with van der Waals surface area (Å²) in [5, 5.41) is 13.4. The minimum Gasteiger partial charge on any atom is -0.507 e. The van der Waals surface area contributed by atoms with Crippen LogP contribution < -0.4 is 5.32 Å². The number of amides is 4. The number of urea groups is 1. The number of carbonyl (C=O) groups is 4. The number of para-hydroxylation sites is 1. The minimum atomic E-state index is -1.04. The molecule has 0 bridgehead atoms. The first-order chi connectivity index (χ1) is 24.1. The third-order valence-electron chi connectivity index (χ3n) is 10.5. The molecule has 4 amide bonds. The number of phenols is 1. The lowest BCUT2D eigenvalue weighted by atomic mass is 10.0. The van der Waals surface area contributed by atoms with Gasteiger partial charge < -0.3 is 34.6 Å². The molecule has 13 heteroatoms. The predicted molar refractivity (Wildman–Crippen MR) is 187 cm³/mol. The summed E-state index contributed by atoms with van der Waals surface area (Å²) in [4.78, 5) is 62.5. The van der Waals surface area contributed by atoms with E-state index in [9.17, 15) is 24.3 Å². The Labute approximate surface area is 294 Å². The Morgan fingerprint density at radius 3 is 2.40 bits per heavy atom. The largest absolute Gasteiger partial charge is 0.507 e. The maximum Gasteiger partial charge on any atom is 0.410 e. The summed E-state index contributed by atoms with van der Waals surface area (Å²) in [7, 11) is 0.